The van der Waals surface area contributed by atoms with E-state index >= 15 is 0 Å². The molecule has 0 aliphatic rings. The van der Waals surface area contributed by atoms with Crippen LogP contribution < -0.4 is 0 Å². The van der Waals surface area contributed by atoms with E-state index in [1.807, 2.05) is 22.8 Å². The minimum Gasteiger partial charge on any atom is -0.467 e. The van der Waals surface area contributed by atoms with Crippen molar-refractivity contribution < 1.29 is 4.42 Å². The summed E-state index contributed by atoms with van der Waals surface area (Å²) in [5, 5.41) is 18.5. The van der Waals surface area contributed by atoms with Gasteiger partial charge in [-0.15, -0.1) is 10.2 Å². The average Bonchev–Trinajstić information content (AvgIpc) is 3.34. The molecule has 0 N–H and O–H groups in total. The molecule has 26 heavy (non-hydrogen) atoms. The normalized spacial score (nSPS) is 10.6. The molecule has 4 rings (SSSR count). The monoisotopic (exact) mass is 362 g/mol. The maximum Gasteiger partial charge on any atom is 0.198 e. The van der Waals surface area contributed by atoms with Crippen LogP contribution >= 0.6 is 11.8 Å². The van der Waals surface area contributed by atoms with Crippen LogP contribution in [0.2, 0.25) is 0 Å². The van der Waals surface area contributed by atoms with Gasteiger partial charge in [-0.25, -0.2) is 15.0 Å². The van der Waals surface area contributed by atoms with E-state index in [1.165, 1.54) is 24.2 Å². The van der Waals surface area contributed by atoms with E-state index in [0.717, 1.165) is 5.76 Å². The van der Waals surface area contributed by atoms with Crippen molar-refractivity contribution in [3.8, 4) is 17.6 Å². The molecule has 4 aromatic heterocycles. The molecule has 0 saturated carbocycles. The SMILES string of the molecule is N#Cc1cnc(Sc2nnc(-c3cnccn3)n2Cc2ccco2)cn1. The first-order valence-corrected chi connectivity index (χ1v) is 8.27. The van der Waals surface area contributed by atoms with Crippen molar-refractivity contribution >= 4 is 11.8 Å². The van der Waals surface area contributed by atoms with Gasteiger partial charge in [0.2, 0.25) is 0 Å². The predicted octanol–water partition coefficient (Wildman–Crippen LogP) is 2.19. The van der Waals surface area contributed by atoms with Gasteiger partial charge in [-0.1, -0.05) is 0 Å². The molecule has 10 heteroatoms. The fraction of sp³-hybridized carbons (Fsp3) is 0.0625. The van der Waals surface area contributed by atoms with Crippen LogP contribution in [-0.4, -0.2) is 34.7 Å². The molecule has 0 fully saturated rings. The Morgan fingerprint density at radius 3 is 2.77 bits per heavy atom. The minimum absolute atomic E-state index is 0.256. The van der Waals surface area contributed by atoms with Gasteiger partial charge in [-0.05, 0) is 23.9 Å². The van der Waals surface area contributed by atoms with Crippen LogP contribution in [0.15, 0.2) is 64.0 Å². The van der Waals surface area contributed by atoms with Crippen LogP contribution in [0, 0.1) is 11.3 Å². The molecule has 4 aromatic rings. The van der Waals surface area contributed by atoms with Gasteiger partial charge in [0.25, 0.3) is 0 Å². The zero-order valence-electron chi connectivity index (χ0n) is 13.2. The largest absolute Gasteiger partial charge is 0.467 e. The molecule has 0 bridgehead atoms. The van der Waals surface area contributed by atoms with Crippen LogP contribution in [0.3, 0.4) is 0 Å². The van der Waals surface area contributed by atoms with Crippen molar-refractivity contribution in [1.29, 1.82) is 5.26 Å². The lowest BCUT2D eigenvalue weighted by Crippen LogP contribution is -2.04. The van der Waals surface area contributed by atoms with Gasteiger partial charge in [0.15, 0.2) is 16.7 Å². The third kappa shape index (κ3) is 3.28. The summed E-state index contributed by atoms with van der Waals surface area (Å²) >= 11 is 1.29. The van der Waals surface area contributed by atoms with E-state index in [1.54, 1.807) is 24.9 Å². The van der Waals surface area contributed by atoms with E-state index in [9.17, 15) is 0 Å². The highest BCUT2D eigenvalue weighted by atomic mass is 32.2. The van der Waals surface area contributed by atoms with E-state index in [2.05, 4.69) is 30.1 Å². The Balaban J connectivity index is 1.71. The standard InChI is InChI=1S/C16H10N8OS/c17-6-11-7-21-14(9-20-11)26-16-23-22-15(13-8-18-3-4-19-13)24(16)10-12-2-1-5-25-12/h1-5,7-9H,10H2. The van der Waals surface area contributed by atoms with Gasteiger partial charge in [0.05, 0.1) is 31.4 Å². The maximum absolute atomic E-state index is 8.83. The van der Waals surface area contributed by atoms with Crippen LogP contribution in [0.4, 0.5) is 0 Å². The Morgan fingerprint density at radius 2 is 2.08 bits per heavy atom. The lowest BCUT2D eigenvalue weighted by molar-refractivity contribution is 0.485. The quantitative estimate of drug-likeness (QED) is 0.526. The zero-order chi connectivity index (χ0) is 17.8. The lowest BCUT2D eigenvalue weighted by Gasteiger charge is -2.07. The number of rotatable bonds is 5. The number of hydrogen-bond acceptors (Lipinski definition) is 9. The van der Waals surface area contributed by atoms with Gasteiger partial charge >= 0.3 is 0 Å². The summed E-state index contributed by atoms with van der Waals surface area (Å²) in [6.07, 6.45) is 9.37. The van der Waals surface area contributed by atoms with Gasteiger partial charge in [0.1, 0.15) is 22.5 Å². The molecular weight excluding hydrogens is 352 g/mol. The molecule has 4 heterocycles. The minimum atomic E-state index is 0.256. The van der Waals surface area contributed by atoms with Crippen LogP contribution in [0.5, 0.6) is 0 Å². The summed E-state index contributed by atoms with van der Waals surface area (Å²) in [6.45, 7) is 0.429. The third-order valence-corrected chi connectivity index (χ3v) is 4.25. The van der Waals surface area contributed by atoms with Crippen molar-refractivity contribution in [3.05, 3.63) is 60.8 Å². The highest BCUT2D eigenvalue weighted by Gasteiger charge is 2.18. The first kappa shape index (κ1) is 15.9. The molecule has 0 spiro atoms. The Kier molecular flexibility index (Phi) is 4.36. The van der Waals surface area contributed by atoms with E-state index in [4.69, 9.17) is 9.68 Å². The molecule has 0 radical (unpaired) electrons. The van der Waals surface area contributed by atoms with Gasteiger partial charge in [0, 0.05) is 12.4 Å². The first-order chi connectivity index (χ1) is 12.8. The Bertz CT molecular complexity index is 1040. The van der Waals surface area contributed by atoms with E-state index < -0.39 is 0 Å². The van der Waals surface area contributed by atoms with Crippen molar-refractivity contribution in [3.63, 3.8) is 0 Å². The summed E-state index contributed by atoms with van der Waals surface area (Å²) < 4.78 is 7.32. The summed E-state index contributed by atoms with van der Waals surface area (Å²) in [6, 6.07) is 5.63. The number of nitriles is 1. The fourth-order valence-corrected chi connectivity index (χ4v) is 2.93. The van der Waals surface area contributed by atoms with E-state index in [-0.39, 0.29) is 5.69 Å². The zero-order valence-corrected chi connectivity index (χ0v) is 14.0. The van der Waals surface area contributed by atoms with Crippen molar-refractivity contribution in [2.24, 2.45) is 0 Å². The second-order valence-corrected chi connectivity index (χ2v) is 6.00. The maximum atomic E-state index is 8.83. The molecule has 9 nitrogen and oxygen atoms in total. The number of furan rings is 1. The van der Waals surface area contributed by atoms with Crippen molar-refractivity contribution in [2.75, 3.05) is 0 Å². The first-order valence-electron chi connectivity index (χ1n) is 7.45. The molecule has 0 amide bonds. The molecular formula is C16H10N8OS. The van der Waals surface area contributed by atoms with Crippen LogP contribution in [-0.2, 0) is 6.54 Å². The topological polar surface area (TPSA) is 119 Å². The fourth-order valence-electron chi connectivity index (χ4n) is 2.19. The number of aromatic nitrogens is 7. The highest BCUT2D eigenvalue weighted by Crippen LogP contribution is 2.28. The molecule has 0 aromatic carbocycles. The third-order valence-electron chi connectivity index (χ3n) is 3.34. The average molecular weight is 362 g/mol. The summed E-state index contributed by atoms with van der Waals surface area (Å²) in [7, 11) is 0. The second kappa shape index (κ2) is 7.12. The van der Waals surface area contributed by atoms with Crippen LogP contribution in [0.1, 0.15) is 11.5 Å². The van der Waals surface area contributed by atoms with Gasteiger partial charge in [-0.3, -0.25) is 9.55 Å². The molecule has 0 unspecified atom stereocenters. The molecule has 0 aliphatic carbocycles. The molecule has 0 atom stereocenters. The smallest absolute Gasteiger partial charge is 0.198 e. The second-order valence-electron chi connectivity index (χ2n) is 5.02. The van der Waals surface area contributed by atoms with E-state index in [0.29, 0.717) is 28.2 Å². The predicted molar refractivity (Wildman–Crippen MR) is 89.7 cm³/mol. The molecule has 0 saturated heterocycles. The van der Waals surface area contributed by atoms with Gasteiger partial charge in [-0.2, -0.15) is 5.26 Å². The number of hydrogen-bond donors (Lipinski definition) is 0. The summed E-state index contributed by atoms with van der Waals surface area (Å²) in [5.41, 5.74) is 0.857. The summed E-state index contributed by atoms with van der Waals surface area (Å²) in [4.78, 5) is 16.6. The molecule has 0 aliphatic heterocycles. The number of nitrogens with zero attached hydrogens (tertiary/aromatic N) is 8. The van der Waals surface area contributed by atoms with Crippen molar-refractivity contribution in [1.82, 2.24) is 34.7 Å². The van der Waals surface area contributed by atoms with Gasteiger partial charge < -0.3 is 4.42 Å². The van der Waals surface area contributed by atoms with Crippen molar-refractivity contribution in [2.45, 2.75) is 16.7 Å². The Labute approximate surface area is 151 Å². The molecule has 126 valence electrons. The van der Waals surface area contributed by atoms with Crippen LogP contribution in [0.25, 0.3) is 11.5 Å². The highest BCUT2D eigenvalue weighted by molar-refractivity contribution is 7.99. The lowest BCUT2D eigenvalue weighted by atomic mass is 10.4. The Hall–Kier alpha value is -3.58. The Morgan fingerprint density at radius 1 is 1.12 bits per heavy atom. The summed E-state index contributed by atoms with van der Waals surface area (Å²) in [5.74, 6) is 1.32.